The van der Waals surface area contributed by atoms with Gasteiger partial charge in [0, 0.05) is 18.0 Å². The number of amides is 1. The number of para-hydroxylation sites is 1. The first-order chi connectivity index (χ1) is 18.0. The largest absolute Gasteiger partial charge is 0.492 e. The van der Waals surface area contributed by atoms with Crippen LogP contribution in [0.3, 0.4) is 0 Å². The number of carbonyl (C=O) groups is 2. The first kappa shape index (κ1) is 25.8. The molecule has 3 aliphatic rings. The average Bonchev–Trinajstić information content (AvgIpc) is 2.92. The summed E-state index contributed by atoms with van der Waals surface area (Å²) in [7, 11) is 0. The van der Waals surface area contributed by atoms with Gasteiger partial charge < -0.3 is 15.0 Å². The Morgan fingerprint density at radius 2 is 1.70 bits per heavy atom. The Bertz CT molecular complexity index is 1110. The van der Waals surface area contributed by atoms with Crippen molar-refractivity contribution in [2.45, 2.75) is 57.4 Å². The Hall–Kier alpha value is -2.80. The molecule has 37 heavy (non-hydrogen) atoms. The van der Waals surface area contributed by atoms with Gasteiger partial charge in [0.25, 0.3) is 0 Å². The minimum absolute atomic E-state index is 0.00419. The molecule has 1 atom stereocenters. The van der Waals surface area contributed by atoms with Crippen LogP contribution in [-0.2, 0) is 11.2 Å². The van der Waals surface area contributed by atoms with Gasteiger partial charge in [0.1, 0.15) is 24.0 Å². The van der Waals surface area contributed by atoms with E-state index in [0.29, 0.717) is 25.4 Å². The highest BCUT2D eigenvalue weighted by atomic mass is 19.1. The SMILES string of the molecule is O=C(c1ccc(F)cc1F)C1CCN(CCC2CCC(NC(=O)[C@@H]3COc4ccccc4C3)CC2)CC1. The monoisotopic (exact) mass is 510 g/mol. The highest BCUT2D eigenvalue weighted by Gasteiger charge is 2.30. The van der Waals surface area contributed by atoms with Crippen molar-refractivity contribution in [3.05, 3.63) is 65.2 Å². The molecule has 2 heterocycles. The molecule has 2 aliphatic heterocycles. The lowest BCUT2D eigenvalue weighted by atomic mass is 9.83. The number of likely N-dealkylation sites (tertiary alicyclic amines) is 1. The molecule has 2 aromatic carbocycles. The normalized spacial score (nSPS) is 24.6. The molecule has 1 aliphatic carbocycles. The van der Waals surface area contributed by atoms with E-state index in [0.717, 1.165) is 81.6 Å². The number of hydrogen-bond acceptors (Lipinski definition) is 4. The van der Waals surface area contributed by atoms with E-state index in [1.807, 2.05) is 24.3 Å². The van der Waals surface area contributed by atoms with E-state index in [2.05, 4.69) is 10.2 Å². The number of ether oxygens (including phenoxy) is 1. The molecule has 2 aromatic rings. The second kappa shape index (κ2) is 11.7. The molecule has 5 nitrogen and oxygen atoms in total. The smallest absolute Gasteiger partial charge is 0.227 e. The molecule has 1 saturated heterocycles. The summed E-state index contributed by atoms with van der Waals surface area (Å²) in [4.78, 5) is 27.9. The summed E-state index contributed by atoms with van der Waals surface area (Å²) in [5, 5.41) is 3.27. The van der Waals surface area contributed by atoms with E-state index < -0.39 is 11.6 Å². The summed E-state index contributed by atoms with van der Waals surface area (Å²) >= 11 is 0. The highest BCUT2D eigenvalue weighted by molar-refractivity contribution is 5.98. The van der Waals surface area contributed by atoms with Gasteiger partial charge in [-0.1, -0.05) is 18.2 Å². The van der Waals surface area contributed by atoms with Gasteiger partial charge in [0.2, 0.25) is 5.91 Å². The van der Waals surface area contributed by atoms with Gasteiger partial charge in [-0.3, -0.25) is 9.59 Å². The molecular weight excluding hydrogens is 474 g/mol. The van der Waals surface area contributed by atoms with Crippen molar-refractivity contribution in [2.24, 2.45) is 17.8 Å². The van der Waals surface area contributed by atoms with Crippen LogP contribution in [0.1, 0.15) is 60.9 Å². The van der Waals surface area contributed by atoms with Crippen LogP contribution in [0.2, 0.25) is 0 Å². The Balaban J connectivity index is 0.994. The van der Waals surface area contributed by atoms with Crippen molar-refractivity contribution in [2.75, 3.05) is 26.2 Å². The molecule has 0 spiro atoms. The summed E-state index contributed by atoms with van der Waals surface area (Å²) in [6.45, 7) is 3.11. The number of hydrogen-bond donors (Lipinski definition) is 1. The minimum atomic E-state index is -0.767. The zero-order valence-corrected chi connectivity index (χ0v) is 21.3. The van der Waals surface area contributed by atoms with Gasteiger partial charge in [-0.2, -0.15) is 0 Å². The molecule has 198 valence electrons. The second-order valence-corrected chi connectivity index (χ2v) is 10.9. The number of ketones is 1. The lowest BCUT2D eigenvalue weighted by Gasteiger charge is -2.34. The Kier molecular flexibility index (Phi) is 8.18. The van der Waals surface area contributed by atoms with Gasteiger partial charge in [0.05, 0.1) is 11.5 Å². The maximum absolute atomic E-state index is 14.0. The summed E-state index contributed by atoms with van der Waals surface area (Å²) in [6, 6.07) is 11.4. The van der Waals surface area contributed by atoms with E-state index in [9.17, 15) is 18.4 Å². The van der Waals surface area contributed by atoms with Gasteiger partial charge in [-0.05, 0) is 101 Å². The summed E-state index contributed by atoms with van der Waals surface area (Å²) < 4.78 is 33.0. The van der Waals surface area contributed by atoms with Crippen molar-refractivity contribution in [3.8, 4) is 5.75 Å². The predicted molar refractivity (Wildman–Crippen MR) is 137 cm³/mol. The standard InChI is InChI=1S/C30H36F2N2O3/c31-24-7-10-26(27(32)18-24)29(35)21-12-15-34(16-13-21)14-11-20-5-8-25(9-6-20)33-30(36)23-17-22-3-1-2-4-28(22)37-19-23/h1-4,7,10,18,20-21,23,25H,5-6,8-9,11-17,19H2,(H,33,36)/t20?,23-,25?/m0/s1. The third kappa shape index (κ3) is 6.38. The molecule has 0 bridgehead atoms. The number of carbonyl (C=O) groups excluding carboxylic acids is 2. The Morgan fingerprint density at radius 1 is 0.946 bits per heavy atom. The third-order valence-corrected chi connectivity index (χ3v) is 8.45. The van der Waals surface area contributed by atoms with Crippen molar-refractivity contribution < 1.29 is 23.1 Å². The van der Waals surface area contributed by atoms with Gasteiger partial charge >= 0.3 is 0 Å². The van der Waals surface area contributed by atoms with Crippen molar-refractivity contribution in [1.82, 2.24) is 10.2 Å². The third-order valence-electron chi connectivity index (χ3n) is 8.45. The number of nitrogens with zero attached hydrogens (tertiary/aromatic N) is 1. The Labute approximate surface area is 217 Å². The van der Waals surface area contributed by atoms with Crippen LogP contribution < -0.4 is 10.1 Å². The number of Topliss-reactive ketones (excluding diaryl/α,β-unsaturated/α-hetero) is 1. The molecule has 5 rings (SSSR count). The van der Waals surface area contributed by atoms with E-state index in [1.54, 1.807) is 0 Å². The predicted octanol–water partition coefficient (Wildman–Crippen LogP) is 5.18. The van der Waals surface area contributed by atoms with Gasteiger partial charge in [-0.25, -0.2) is 8.78 Å². The number of rotatable bonds is 7. The number of nitrogens with one attached hydrogen (secondary N) is 1. The Morgan fingerprint density at radius 3 is 2.46 bits per heavy atom. The first-order valence-corrected chi connectivity index (χ1v) is 13.7. The maximum atomic E-state index is 14.0. The van der Waals surface area contributed by atoms with Crippen molar-refractivity contribution in [1.29, 1.82) is 0 Å². The molecule has 7 heteroatoms. The molecule has 0 aromatic heterocycles. The summed E-state index contributed by atoms with van der Waals surface area (Å²) in [5.41, 5.74) is 1.11. The molecule has 1 N–H and O–H groups in total. The van der Waals surface area contributed by atoms with Crippen LogP contribution in [0.15, 0.2) is 42.5 Å². The topological polar surface area (TPSA) is 58.6 Å². The highest BCUT2D eigenvalue weighted by Crippen LogP contribution is 2.30. The molecule has 0 unspecified atom stereocenters. The van der Waals surface area contributed by atoms with Crippen molar-refractivity contribution >= 4 is 11.7 Å². The van der Waals surface area contributed by atoms with Gasteiger partial charge in [0.15, 0.2) is 5.78 Å². The zero-order valence-electron chi connectivity index (χ0n) is 21.3. The average molecular weight is 511 g/mol. The molecule has 0 radical (unpaired) electrons. The fourth-order valence-corrected chi connectivity index (χ4v) is 6.10. The molecule has 1 amide bonds. The minimum Gasteiger partial charge on any atom is -0.492 e. The van der Waals surface area contributed by atoms with Crippen LogP contribution >= 0.6 is 0 Å². The molecule has 2 fully saturated rings. The van der Waals surface area contributed by atoms with Crippen molar-refractivity contribution in [3.63, 3.8) is 0 Å². The van der Waals surface area contributed by atoms with E-state index in [-0.39, 0.29) is 35.1 Å². The molecule has 1 saturated carbocycles. The van der Waals surface area contributed by atoms with E-state index in [4.69, 9.17) is 4.74 Å². The number of halogens is 2. The second-order valence-electron chi connectivity index (χ2n) is 10.9. The number of fused-ring (bicyclic) bond motifs is 1. The maximum Gasteiger partial charge on any atom is 0.227 e. The zero-order chi connectivity index (χ0) is 25.8. The summed E-state index contributed by atoms with van der Waals surface area (Å²) in [6.07, 6.45) is 7.55. The van der Waals surface area contributed by atoms with Crippen LogP contribution in [0, 0.1) is 29.4 Å². The van der Waals surface area contributed by atoms with Crippen LogP contribution in [0.4, 0.5) is 8.78 Å². The fraction of sp³-hybridized carbons (Fsp3) is 0.533. The number of benzene rings is 2. The fourth-order valence-electron chi connectivity index (χ4n) is 6.10. The van der Waals surface area contributed by atoms with Crippen LogP contribution in [0.25, 0.3) is 0 Å². The quantitative estimate of drug-likeness (QED) is 0.522. The number of piperidine rings is 1. The van der Waals surface area contributed by atoms with Crippen LogP contribution in [-0.4, -0.2) is 48.9 Å². The van der Waals surface area contributed by atoms with Gasteiger partial charge in [-0.15, -0.1) is 0 Å². The van der Waals surface area contributed by atoms with Crippen LogP contribution in [0.5, 0.6) is 5.75 Å². The molecular formula is C30H36F2N2O3. The van der Waals surface area contributed by atoms with E-state index in [1.165, 1.54) is 6.07 Å². The van der Waals surface area contributed by atoms with E-state index >= 15 is 0 Å². The lowest BCUT2D eigenvalue weighted by molar-refractivity contribution is -0.127. The first-order valence-electron chi connectivity index (χ1n) is 13.7. The lowest BCUT2D eigenvalue weighted by Crippen LogP contribution is -2.44. The summed E-state index contributed by atoms with van der Waals surface area (Å²) in [5.74, 6) is -0.296.